The van der Waals surface area contributed by atoms with Crippen LogP contribution in [0.25, 0.3) is 0 Å². The summed E-state index contributed by atoms with van der Waals surface area (Å²) < 4.78 is 5.31. The van der Waals surface area contributed by atoms with Crippen LogP contribution >= 0.6 is 11.3 Å². The van der Waals surface area contributed by atoms with E-state index in [1.165, 1.54) is 0 Å². The van der Waals surface area contributed by atoms with Crippen molar-refractivity contribution in [3.8, 4) is 0 Å². The maximum absolute atomic E-state index is 12.6. The van der Waals surface area contributed by atoms with Gasteiger partial charge in [0.25, 0.3) is 0 Å². The molecule has 7 nitrogen and oxygen atoms in total. The first-order valence-corrected chi connectivity index (χ1v) is 10.3. The number of ether oxygens (including phenoxy) is 1. The Morgan fingerprint density at radius 2 is 2.12 bits per heavy atom. The Kier molecular flexibility index (Phi) is 6.99. The fourth-order valence-corrected chi connectivity index (χ4v) is 4.30. The Morgan fingerprint density at radius 1 is 1.35 bits per heavy atom. The number of piperidine rings is 1. The highest BCUT2D eigenvalue weighted by Gasteiger charge is 2.33. The molecule has 2 amide bonds. The summed E-state index contributed by atoms with van der Waals surface area (Å²) in [5.41, 5.74) is 1.05. The first kappa shape index (κ1) is 19.3. The third kappa shape index (κ3) is 5.25. The lowest BCUT2D eigenvalue weighted by Gasteiger charge is -2.34. The quantitative estimate of drug-likeness (QED) is 0.706. The number of hydrogen-bond donors (Lipinski definition) is 2. The highest BCUT2D eigenvalue weighted by molar-refractivity contribution is 7.09. The number of morpholine rings is 1. The molecule has 0 aliphatic carbocycles. The molecule has 144 valence electrons. The maximum atomic E-state index is 12.6. The van der Waals surface area contributed by atoms with Crippen molar-refractivity contribution in [3.63, 3.8) is 0 Å². The number of nitrogens with zero attached hydrogens (tertiary/aromatic N) is 2. The number of aryl methyl sites for hydroxylation is 2. The van der Waals surface area contributed by atoms with Crippen molar-refractivity contribution in [2.24, 2.45) is 11.8 Å². The molecular weight excluding hydrogens is 352 g/mol. The van der Waals surface area contributed by atoms with Crippen molar-refractivity contribution in [2.45, 2.75) is 26.2 Å². The zero-order chi connectivity index (χ0) is 18.4. The number of rotatable bonds is 6. The molecule has 2 aliphatic rings. The molecule has 3 heterocycles. The summed E-state index contributed by atoms with van der Waals surface area (Å²) in [4.78, 5) is 31.4. The van der Waals surface area contributed by atoms with Gasteiger partial charge in [0.1, 0.15) is 0 Å². The minimum Gasteiger partial charge on any atom is -0.378 e. The first-order chi connectivity index (χ1) is 12.6. The smallest absolute Gasteiger partial charge is 0.227 e. The number of carbonyl (C=O) groups is 2. The third-order valence-electron chi connectivity index (χ3n) is 4.93. The van der Waals surface area contributed by atoms with Crippen LogP contribution in [0.1, 0.15) is 23.5 Å². The molecule has 2 saturated heterocycles. The van der Waals surface area contributed by atoms with Crippen LogP contribution < -0.4 is 10.6 Å². The standard InChI is InChI=1S/C18H28N4O3S/c1-13-12-26-16(21-13)3-2-4-20-17(23)14-9-15(11-19-10-14)18(24)22-5-7-25-8-6-22/h12,14-15,19H,2-11H2,1H3,(H,20,23)/t14-,15-/m1/s1. The topological polar surface area (TPSA) is 83.6 Å². The van der Waals surface area contributed by atoms with Crippen LogP contribution in [0.4, 0.5) is 0 Å². The highest BCUT2D eigenvalue weighted by atomic mass is 32.1. The Hall–Kier alpha value is -1.51. The summed E-state index contributed by atoms with van der Waals surface area (Å²) in [6.45, 7) is 6.46. The zero-order valence-electron chi connectivity index (χ0n) is 15.3. The van der Waals surface area contributed by atoms with Gasteiger partial charge in [-0.3, -0.25) is 9.59 Å². The molecular formula is C18H28N4O3S. The second-order valence-electron chi connectivity index (χ2n) is 7.00. The fourth-order valence-electron chi connectivity index (χ4n) is 3.48. The summed E-state index contributed by atoms with van der Waals surface area (Å²) in [6.07, 6.45) is 2.40. The number of nitrogens with one attached hydrogen (secondary N) is 2. The van der Waals surface area contributed by atoms with Crippen LogP contribution in [-0.2, 0) is 20.7 Å². The molecule has 2 N–H and O–H groups in total. The molecule has 2 atom stereocenters. The summed E-state index contributed by atoms with van der Waals surface area (Å²) in [7, 11) is 0. The van der Waals surface area contributed by atoms with Gasteiger partial charge in [0, 0.05) is 50.2 Å². The molecule has 3 rings (SSSR count). The molecule has 0 aromatic carbocycles. The molecule has 0 unspecified atom stereocenters. The molecule has 2 aliphatic heterocycles. The molecule has 0 spiro atoms. The van der Waals surface area contributed by atoms with Gasteiger partial charge in [-0.15, -0.1) is 11.3 Å². The predicted octanol–water partition coefficient (Wildman–Crippen LogP) is 0.585. The average molecular weight is 381 g/mol. The Morgan fingerprint density at radius 3 is 2.85 bits per heavy atom. The van der Waals surface area contributed by atoms with Crippen molar-refractivity contribution in [1.82, 2.24) is 20.5 Å². The van der Waals surface area contributed by atoms with Crippen molar-refractivity contribution in [3.05, 3.63) is 16.1 Å². The van der Waals surface area contributed by atoms with Crippen LogP contribution in [0.5, 0.6) is 0 Å². The lowest BCUT2D eigenvalue weighted by Crippen LogP contribution is -2.51. The van der Waals surface area contributed by atoms with Crippen molar-refractivity contribution < 1.29 is 14.3 Å². The summed E-state index contributed by atoms with van der Waals surface area (Å²) in [5, 5.41) is 9.45. The zero-order valence-corrected chi connectivity index (χ0v) is 16.1. The summed E-state index contributed by atoms with van der Waals surface area (Å²) in [6, 6.07) is 0. The normalized spacial score (nSPS) is 23.7. The number of amides is 2. The predicted molar refractivity (Wildman–Crippen MR) is 100 cm³/mol. The van der Waals surface area contributed by atoms with Gasteiger partial charge >= 0.3 is 0 Å². The average Bonchev–Trinajstić information content (AvgIpc) is 3.10. The summed E-state index contributed by atoms with van der Waals surface area (Å²) in [5.74, 6) is -0.0542. The highest BCUT2D eigenvalue weighted by Crippen LogP contribution is 2.20. The van der Waals surface area contributed by atoms with Crippen LogP contribution in [-0.4, -0.2) is 67.6 Å². The van der Waals surface area contributed by atoms with E-state index >= 15 is 0 Å². The van der Waals surface area contributed by atoms with Crippen LogP contribution in [0.3, 0.4) is 0 Å². The van der Waals surface area contributed by atoms with Gasteiger partial charge in [0.15, 0.2) is 0 Å². The Bertz CT molecular complexity index is 615. The van der Waals surface area contributed by atoms with Gasteiger partial charge in [0.2, 0.25) is 11.8 Å². The number of aromatic nitrogens is 1. The molecule has 0 radical (unpaired) electrons. The number of thiazole rings is 1. The summed E-state index contributed by atoms with van der Waals surface area (Å²) >= 11 is 1.67. The molecule has 1 aromatic rings. The SMILES string of the molecule is Cc1csc(CCCNC(=O)[C@H]2CNC[C@H](C(=O)N3CCOCC3)C2)n1. The first-order valence-electron chi connectivity index (χ1n) is 9.39. The van der Waals surface area contributed by atoms with Crippen molar-refractivity contribution >= 4 is 23.2 Å². The van der Waals surface area contributed by atoms with Crippen LogP contribution in [0.2, 0.25) is 0 Å². The van der Waals surface area contributed by atoms with E-state index in [-0.39, 0.29) is 23.7 Å². The van der Waals surface area contributed by atoms with Gasteiger partial charge in [-0.1, -0.05) is 0 Å². The lowest BCUT2D eigenvalue weighted by atomic mass is 9.88. The number of hydrogen-bond acceptors (Lipinski definition) is 6. The minimum atomic E-state index is -0.138. The van der Waals surface area contributed by atoms with Gasteiger partial charge in [0.05, 0.1) is 30.1 Å². The molecule has 0 bridgehead atoms. The van der Waals surface area contributed by atoms with Gasteiger partial charge in [-0.25, -0.2) is 4.98 Å². The Labute approximate surface area is 158 Å². The number of carbonyl (C=O) groups excluding carboxylic acids is 2. The maximum Gasteiger partial charge on any atom is 0.227 e. The van der Waals surface area contributed by atoms with E-state index < -0.39 is 0 Å². The lowest BCUT2D eigenvalue weighted by molar-refractivity contribution is -0.141. The molecule has 26 heavy (non-hydrogen) atoms. The van der Waals surface area contributed by atoms with E-state index in [1.54, 1.807) is 11.3 Å². The molecule has 8 heteroatoms. The fraction of sp³-hybridized carbons (Fsp3) is 0.722. The molecule has 0 saturated carbocycles. The second-order valence-corrected chi connectivity index (χ2v) is 7.95. The van der Waals surface area contributed by atoms with E-state index in [0.29, 0.717) is 52.4 Å². The Balaban J connectivity index is 1.40. The monoisotopic (exact) mass is 380 g/mol. The van der Waals surface area contributed by atoms with Gasteiger partial charge in [-0.05, 0) is 19.8 Å². The second kappa shape index (κ2) is 9.43. The minimum absolute atomic E-state index is 0.0484. The van der Waals surface area contributed by atoms with E-state index in [1.807, 2.05) is 17.2 Å². The van der Waals surface area contributed by atoms with Gasteiger partial charge < -0.3 is 20.3 Å². The van der Waals surface area contributed by atoms with Gasteiger partial charge in [-0.2, -0.15) is 0 Å². The van der Waals surface area contributed by atoms with E-state index in [4.69, 9.17) is 4.74 Å². The van der Waals surface area contributed by atoms with Crippen LogP contribution in [0, 0.1) is 18.8 Å². The largest absolute Gasteiger partial charge is 0.378 e. The van der Waals surface area contributed by atoms with E-state index in [0.717, 1.165) is 23.5 Å². The molecule has 2 fully saturated rings. The van der Waals surface area contributed by atoms with Crippen molar-refractivity contribution in [1.29, 1.82) is 0 Å². The molecule has 1 aromatic heterocycles. The van der Waals surface area contributed by atoms with E-state index in [9.17, 15) is 9.59 Å². The third-order valence-corrected chi connectivity index (χ3v) is 5.95. The van der Waals surface area contributed by atoms with Crippen LogP contribution in [0.15, 0.2) is 5.38 Å². The van der Waals surface area contributed by atoms with Crippen molar-refractivity contribution in [2.75, 3.05) is 45.9 Å². The van der Waals surface area contributed by atoms with E-state index in [2.05, 4.69) is 15.6 Å².